The molecule has 1 heterocycles. The van der Waals surface area contributed by atoms with E-state index < -0.39 is 0 Å². The predicted molar refractivity (Wildman–Crippen MR) is 91.1 cm³/mol. The molecule has 1 atom stereocenters. The van der Waals surface area contributed by atoms with E-state index in [0.29, 0.717) is 12.7 Å². The highest BCUT2D eigenvalue weighted by Crippen LogP contribution is 2.33. The molecule has 1 N–H and O–H groups in total. The van der Waals surface area contributed by atoms with E-state index in [1.54, 1.807) is 0 Å². The zero-order chi connectivity index (χ0) is 15.4. The van der Waals surface area contributed by atoms with Crippen molar-refractivity contribution in [2.45, 2.75) is 25.8 Å². The molecule has 1 aliphatic carbocycles. The van der Waals surface area contributed by atoms with Crippen molar-refractivity contribution in [3.8, 4) is 11.5 Å². The summed E-state index contributed by atoms with van der Waals surface area (Å²) < 4.78 is 10.8. The van der Waals surface area contributed by atoms with Crippen molar-refractivity contribution in [1.29, 1.82) is 0 Å². The number of rotatable bonds is 4. The van der Waals surface area contributed by atoms with Gasteiger partial charge in [0.1, 0.15) is 0 Å². The van der Waals surface area contributed by atoms with Gasteiger partial charge in [-0.1, -0.05) is 18.2 Å². The lowest BCUT2D eigenvalue weighted by atomic mass is 9.94. The maximum absolute atomic E-state index is 5.48. The molecule has 0 bridgehead atoms. The van der Waals surface area contributed by atoms with Gasteiger partial charge in [0.05, 0.1) is 0 Å². The molecule has 2 aliphatic rings. The molecule has 0 amide bonds. The van der Waals surface area contributed by atoms with Crippen LogP contribution in [-0.4, -0.2) is 30.4 Å². The van der Waals surface area contributed by atoms with Crippen LogP contribution in [0.2, 0.25) is 0 Å². The maximum atomic E-state index is 5.48. The van der Waals surface area contributed by atoms with Crippen LogP contribution in [-0.2, 0) is 6.54 Å². The van der Waals surface area contributed by atoms with E-state index in [-0.39, 0.29) is 0 Å². The molecule has 1 aliphatic heterocycles. The fraction of sp³-hybridized carbons (Fsp3) is 0.471. The molecular weight excluding hydrogens is 296 g/mol. The first kappa shape index (κ1) is 15.2. The largest absolute Gasteiger partial charge is 0.454 e. The Hall–Kier alpha value is -1.75. The third-order valence-electron chi connectivity index (χ3n) is 4.17. The fourth-order valence-corrected chi connectivity index (χ4v) is 3.11. The normalized spacial score (nSPS) is 19.0. The smallest absolute Gasteiger partial charge is 0.231 e. The number of nitrogens with zero attached hydrogens (tertiary/aromatic N) is 1. The number of fused-ring (bicyclic) bond motifs is 1. The number of benzene rings is 1. The van der Waals surface area contributed by atoms with Crippen LogP contribution in [0.5, 0.6) is 11.5 Å². The van der Waals surface area contributed by atoms with Crippen LogP contribution >= 0.6 is 12.2 Å². The van der Waals surface area contributed by atoms with Gasteiger partial charge in [-0.3, -0.25) is 0 Å². The summed E-state index contributed by atoms with van der Waals surface area (Å²) in [6.45, 7) is 2.08. The second kappa shape index (κ2) is 7.01. The second-order valence-electron chi connectivity index (χ2n) is 5.77. The van der Waals surface area contributed by atoms with Gasteiger partial charge in [0.2, 0.25) is 6.79 Å². The first-order valence-electron chi connectivity index (χ1n) is 7.76. The molecule has 0 unspecified atom stereocenters. The summed E-state index contributed by atoms with van der Waals surface area (Å²) >= 11 is 5.48. The Labute approximate surface area is 137 Å². The van der Waals surface area contributed by atoms with E-state index in [9.17, 15) is 0 Å². The van der Waals surface area contributed by atoms with Crippen LogP contribution in [0.25, 0.3) is 0 Å². The number of hydrogen-bond acceptors (Lipinski definition) is 3. The highest BCUT2D eigenvalue weighted by Gasteiger charge is 2.19. The van der Waals surface area contributed by atoms with Gasteiger partial charge in [0.15, 0.2) is 16.6 Å². The lowest BCUT2D eigenvalue weighted by Gasteiger charge is -2.30. The van der Waals surface area contributed by atoms with Crippen LogP contribution in [0.4, 0.5) is 0 Å². The number of thiocarbonyl (C=S) groups is 1. The van der Waals surface area contributed by atoms with Gasteiger partial charge in [-0.25, -0.2) is 0 Å². The number of hydrogen-bond donors (Lipinski definition) is 1. The second-order valence-corrected chi connectivity index (χ2v) is 6.16. The van der Waals surface area contributed by atoms with Gasteiger partial charge in [0.25, 0.3) is 0 Å². The highest BCUT2D eigenvalue weighted by atomic mass is 32.1. The Morgan fingerprint density at radius 2 is 2.18 bits per heavy atom. The summed E-state index contributed by atoms with van der Waals surface area (Å²) in [6.07, 6.45) is 8.11. The van der Waals surface area contributed by atoms with Gasteiger partial charge >= 0.3 is 0 Å². The van der Waals surface area contributed by atoms with E-state index in [1.807, 2.05) is 19.2 Å². The monoisotopic (exact) mass is 318 g/mol. The van der Waals surface area contributed by atoms with E-state index in [1.165, 1.54) is 18.4 Å². The van der Waals surface area contributed by atoms with Crippen LogP contribution in [0, 0.1) is 5.92 Å². The molecule has 1 aromatic carbocycles. The number of nitrogens with one attached hydrogen (secondary N) is 1. The van der Waals surface area contributed by atoms with E-state index in [2.05, 4.69) is 28.4 Å². The maximum Gasteiger partial charge on any atom is 0.231 e. The first-order chi connectivity index (χ1) is 10.8. The molecular formula is C17H22N2O2S. The Balaban J connectivity index is 1.69. The molecule has 0 aromatic heterocycles. The summed E-state index contributed by atoms with van der Waals surface area (Å²) in [7, 11) is 1.88. The molecule has 0 saturated carbocycles. The van der Waals surface area contributed by atoms with Crippen LogP contribution in [0.1, 0.15) is 24.8 Å². The van der Waals surface area contributed by atoms with Crippen molar-refractivity contribution in [2.24, 2.45) is 5.92 Å². The van der Waals surface area contributed by atoms with Crippen molar-refractivity contribution in [1.82, 2.24) is 10.2 Å². The minimum absolute atomic E-state index is 0.311. The molecule has 0 spiro atoms. The standard InChI is InChI=1S/C17H22N2O2S/c1-18-17(22)19(10-13-5-3-2-4-6-13)11-14-7-8-15-16(9-14)21-12-20-15/h2-3,7-9,13H,4-6,10-12H2,1H3,(H,18,22)/t13-/m0/s1. The first-order valence-corrected chi connectivity index (χ1v) is 8.17. The molecule has 3 rings (SSSR count). The zero-order valence-corrected chi connectivity index (χ0v) is 13.7. The molecule has 22 heavy (non-hydrogen) atoms. The average Bonchev–Trinajstić information content (AvgIpc) is 3.02. The van der Waals surface area contributed by atoms with Gasteiger partial charge < -0.3 is 19.7 Å². The number of allylic oxidation sites excluding steroid dienone is 2. The van der Waals surface area contributed by atoms with Crippen molar-refractivity contribution < 1.29 is 9.47 Å². The van der Waals surface area contributed by atoms with E-state index in [4.69, 9.17) is 21.7 Å². The van der Waals surface area contributed by atoms with Crippen molar-refractivity contribution in [3.05, 3.63) is 35.9 Å². The third-order valence-corrected chi connectivity index (χ3v) is 4.63. The van der Waals surface area contributed by atoms with Gasteiger partial charge in [-0.15, -0.1) is 0 Å². The quantitative estimate of drug-likeness (QED) is 0.681. The molecule has 118 valence electrons. The Bertz CT molecular complexity index is 574. The van der Waals surface area contributed by atoms with Crippen LogP contribution in [0.15, 0.2) is 30.4 Å². The minimum Gasteiger partial charge on any atom is -0.454 e. The van der Waals surface area contributed by atoms with Crippen LogP contribution in [0.3, 0.4) is 0 Å². The van der Waals surface area contributed by atoms with Gasteiger partial charge in [0, 0.05) is 20.1 Å². The minimum atomic E-state index is 0.311. The van der Waals surface area contributed by atoms with E-state index >= 15 is 0 Å². The molecule has 0 radical (unpaired) electrons. The average molecular weight is 318 g/mol. The zero-order valence-electron chi connectivity index (χ0n) is 12.9. The molecule has 1 aromatic rings. The summed E-state index contributed by atoms with van der Waals surface area (Å²) in [6, 6.07) is 6.11. The predicted octanol–water partition coefficient (Wildman–Crippen LogP) is 3.08. The topological polar surface area (TPSA) is 33.7 Å². The summed E-state index contributed by atoms with van der Waals surface area (Å²) in [5.41, 5.74) is 1.19. The Morgan fingerprint density at radius 1 is 1.32 bits per heavy atom. The van der Waals surface area contributed by atoms with E-state index in [0.717, 1.165) is 36.1 Å². The van der Waals surface area contributed by atoms with Crippen molar-refractivity contribution in [2.75, 3.05) is 20.4 Å². The summed E-state index contributed by atoms with van der Waals surface area (Å²) in [5.74, 6) is 2.32. The van der Waals surface area contributed by atoms with Crippen molar-refractivity contribution in [3.63, 3.8) is 0 Å². The molecule has 0 saturated heterocycles. The van der Waals surface area contributed by atoms with Gasteiger partial charge in [-0.2, -0.15) is 0 Å². The lowest BCUT2D eigenvalue weighted by molar-refractivity contribution is 0.174. The SMILES string of the molecule is CNC(=S)N(Cc1ccc2c(c1)OCO2)C[C@H]1CC=CCC1. The fourth-order valence-electron chi connectivity index (χ4n) is 2.97. The Kier molecular flexibility index (Phi) is 4.83. The Morgan fingerprint density at radius 3 is 2.95 bits per heavy atom. The molecule has 0 fully saturated rings. The third kappa shape index (κ3) is 3.53. The van der Waals surface area contributed by atoms with Crippen molar-refractivity contribution >= 4 is 17.3 Å². The van der Waals surface area contributed by atoms with Gasteiger partial charge in [-0.05, 0) is 55.1 Å². The highest BCUT2D eigenvalue weighted by molar-refractivity contribution is 7.80. The summed E-state index contributed by atoms with van der Waals surface area (Å²) in [5, 5.41) is 3.91. The summed E-state index contributed by atoms with van der Waals surface area (Å²) in [4.78, 5) is 2.25. The molecule has 4 nitrogen and oxygen atoms in total. The molecule has 5 heteroatoms. The lowest BCUT2D eigenvalue weighted by Crippen LogP contribution is -2.40. The number of ether oxygens (including phenoxy) is 2. The van der Waals surface area contributed by atoms with Crippen LogP contribution < -0.4 is 14.8 Å².